The summed E-state index contributed by atoms with van der Waals surface area (Å²) in [6.07, 6.45) is 7.84. The second-order valence-electron chi connectivity index (χ2n) is 5.66. The minimum atomic E-state index is 0.121. The first-order valence-corrected chi connectivity index (χ1v) is 7.04. The highest BCUT2D eigenvalue weighted by molar-refractivity contribution is 5.83. The standard InChI is InChI=1S/C14H25N3O/c1-15-10-11-6-4-5-7-12(11)17(3)14(18)13-8-9-16(13)2/h10-13H,4-9H2,1-3H3/t11?,12-,13+/m0/s1. The van der Waals surface area contributed by atoms with Crippen LogP contribution >= 0.6 is 0 Å². The summed E-state index contributed by atoms with van der Waals surface area (Å²) in [5, 5.41) is 0. The molecule has 0 bridgehead atoms. The number of hydrogen-bond acceptors (Lipinski definition) is 3. The zero-order valence-electron chi connectivity index (χ0n) is 11.8. The van der Waals surface area contributed by atoms with Crippen LogP contribution in [0, 0.1) is 5.92 Å². The molecule has 2 fully saturated rings. The van der Waals surface area contributed by atoms with Crippen molar-refractivity contribution in [3.8, 4) is 0 Å². The Morgan fingerprint density at radius 2 is 2.06 bits per heavy atom. The van der Waals surface area contributed by atoms with Crippen molar-refractivity contribution in [2.75, 3.05) is 27.7 Å². The zero-order valence-corrected chi connectivity index (χ0v) is 11.8. The molecule has 1 saturated carbocycles. The average Bonchev–Trinajstić information content (AvgIpc) is 2.37. The van der Waals surface area contributed by atoms with Gasteiger partial charge in [0.15, 0.2) is 0 Å². The molecule has 0 aromatic heterocycles. The molecule has 2 rings (SSSR count). The van der Waals surface area contributed by atoms with Crippen LogP contribution in [0.4, 0.5) is 0 Å². The van der Waals surface area contributed by atoms with Gasteiger partial charge in [-0.25, -0.2) is 0 Å². The van der Waals surface area contributed by atoms with E-state index in [0.717, 1.165) is 19.4 Å². The lowest BCUT2D eigenvalue weighted by Crippen LogP contribution is -2.57. The maximum atomic E-state index is 12.4. The molecule has 0 radical (unpaired) electrons. The molecule has 0 aromatic rings. The molecule has 18 heavy (non-hydrogen) atoms. The van der Waals surface area contributed by atoms with E-state index in [4.69, 9.17) is 0 Å². The lowest BCUT2D eigenvalue weighted by Gasteiger charge is -2.43. The number of aliphatic imine (C=N–C) groups is 1. The number of likely N-dealkylation sites (N-methyl/N-ethyl adjacent to an activating group) is 2. The van der Waals surface area contributed by atoms with Crippen LogP contribution in [0.2, 0.25) is 0 Å². The van der Waals surface area contributed by atoms with Crippen molar-refractivity contribution < 1.29 is 4.79 Å². The molecule has 4 heteroatoms. The summed E-state index contributed by atoms with van der Waals surface area (Å²) in [5.74, 6) is 0.744. The lowest BCUT2D eigenvalue weighted by atomic mass is 9.84. The third-order valence-electron chi connectivity index (χ3n) is 4.54. The van der Waals surface area contributed by atoms with Crippen LogP contribution in [0.15, 0.2) is 4.99 Å². The first-order valence-electron chi connectivity index (χ1n) is 7.04. The zero-order chi connectivity index (χ0) is 13.1. The Bertz CT molecular complexity index is 329. The highest BCUT2D eigenvalue weighted by atomic mass is 16.2. The van der Waals surface area contributed by atoms with E-state index in [-0.39, 0.29) is 6.04 Å². The Balaban J connectivity index is 2.01. The van der Waals surface area contributed by atoms with Gasteiger partial charge in [0.25, 0.3) is 0 Å². The van der Waals surface area contributed by atoms with E-state index in [1.54, 1.807) is 0 Å². The molecule has 1 heterocycles. The van der Waals surface area contributed by atoms with Crippen LogP contribution in [0.5, 0.6) is 0 Å². The molecule has 1 aliphatic heterocycles. The normalized spacial score (nSPS) is 33.4. The first-order chi connectivity index (χ1) is 8.65. The van der Waals surface area contributed by atoms with E-state index in [1.807, 2.05) is 32.3 Å². The van der Waals surface area contributed by atoms with E-state index in [9.17, 15) is 4.79 Å². The van der Waals surface area contributed by atoms with Gasteiger partial charge in [-0.05, 0) is 26.3 Å². The first kappa shape index (κ1) is 13.5. The van der Waals surface area contributed by atoms with E-state index in [0.29, 0.717) is 17.9 Å². The van der Waals surface area contributed by atoms with Crippen molar-refractivity contribution in [1.29, 1.82) is 0 Å². The van der Waals surface area contributed by atoms with Crippen molar-refractivity contribution >= 4 is 12.1 Å². The summed E-state index contributed by atoms with van der Waals surface area (Å²) in [7, 11) is 5.83. The average molecular weight is 251 g/mol. The topological polar surface area (TPSA) is 35.9 Å². The largest absolute Gasteiger partial charge is 0.341 e. The molecule has 1 saturated heterocycles. The molecule has 1 aliphatic carbocycles. The summed E-state index contributed by atoms with van der Waals surface area (Å²) >= 11 is 0. The fourth-order valence-corrected chi connectivity index (χ4v) is 3.21. The van der Waals surface area contributed by atoms with Gasteiger partial charge in [-0.2, -0.15) is 0 Å². The highest BCUT2D eigenvalue weighted by Crippen LogP contribution is 2.28. The Labute approximate surface area is 110 Å². The van der Waals surface area contributed by atoms with Crippen LogP contribution < -0.4 is 0 Å². The number of carbonyl (C=O) groups is 1. The molecular weight excluding hydrogens is 226 g/mol. The van der Waals surface area contributed by atoms with Gasteiger partial charge < -0.3 is 9.89 Å². The van der Waals surface area contributed by atoms with Crippen molar-refractivity contribution in [2.45, 2.75) is 44.2 Å². The Morgan fingerprint density at radius 3 is 2.61 bits per heavy atom. The van der Waals surface area contributed by atoms with Gasteiger partial charge in [0.2, 0.25) is 5.91 Å². The Kier molecular flexibility index (Phi) is 4.38. The van der Waals surface area contributed by atoms with Gasteiger partial charge >= 0.3 is 0 Å². The molecule has 1 amide bonds. The minimum absolute atomic E-state index is 0.121. The molecule has 0 N–H and O–H groups in total. The van der Waals surface area contributed by atoms with Gasteiger partial charge in [-0.15, -0.1) is 0 Å². The number of nitrogens with zero attached hydrogens (tertiary/aromatic N) is 3. The lowest BCUT2D eigenvalue weighted by molar-refractivity contribution is -0.142. The van der Waals surface area contributed by atoms with Gasteiger partial charge in [0.1, 0.15) is 0 Å². The van der Waals surface area contributed by atoms with Gasteiger partial charge in [-0.1, -0.05) is 12.8 Å². The Morgan fingerprint density at radius 1 is 1.33 bits per heavy atom. The summed E-state index contributed by atoms with van der Waals surface area (Å²) in [4.78, 5) is 20.7. The SMILES string of the molecule is CN=CC1CCCC[C@@H]1N(C)C(=O)[C@H]1CCN1C. The minimum Gasteiger partial charge on any atom is -0.341 e. The smallest absolute Gasteiger partial charge is 0.239 e. The predicted octanol–water partition coefficient (Wildman–Crippen LogP) is 1.41. The summed E-state index contributed by atoms with van der Waals surface area (Å²) in [5.41, 5.74) is 0. The van der Waals surface area contributed by atoms with Gasteiger partial charge in [-0.3, -0.25) is 9.69 Å². The number of rotatable bonds is 3. The fourth-order valence-electron chi connectivity index (χ4n) is 3.21. The quantitative estimate of drug-likeness (QED) is 0.711. The van der Waals surface area contributed by atoms with Crippen LogP contribution in [-0.4, -0.2) is 61.7 Å². The number of amides is 1. The molecule has 2 aliphatic rings. The molecule has 4 nitrogen and oxygen atoms in total. The van der Waals surface area contributed by atoms with E-state index >= 15 is 0 Å². The Hall–Kier alpha value is -0.900. The van der Waals surface area contributed by atoms with Gasteiger partial charge in [0, 0.05) is 38.8 Å². The molecule has 1 unspecified atom stereocenters. The molecular formula is C14H25N3O. The van der Waals surface area contributed by atoms with E-state index < -0.39 is 0 Å². The van der Waals surface area contributed by atoms with Crippen LogP contribution in [0.25, 0.3) is 0 Å². The van der Waals surface area contributed by atoms with Crippen LogP contribution in [0.3, 0.4) is 0 Å². The van der Waals surface area contributed by atoms with Crippen molar-refractivity contribution in [1.82, 2.24) is 9.80 Å². The summed E-state index contributed by atoms with van der Waals surface area (Å²) in [6.45, 7) is 1.05. The number of likely N-dealkylation sites (tertiary alicyclic amines) is 1. The third-order valence-corrected chi connectivity index (χ3v) is 4.54. The summed E-state index contributed by atoms with van der Waals surface area (Å²) < 4.78 is 0. The van der Waals surface area contributed by atoms with E-state index in [1.165, 1.54) is 19.3 Å². The van der Waals surface area contributed by atoms with E-state index in [2.05, 4.69) is 9.89 Å². The predicted molar refractivity (Wildman–Crippen MR) is 74.0 cm³/mol. The maximum Gasteiger partial charge on any atom is 0.239 e. The maximum absolute atomic E-state index is 12.4. The second kappa shape index (κ2) is 5.83. The molecule has 0 spiro atoms. The monoisotopic (exact) mass is 251 g/mol. The van der Waals surface area contributed by atoms with Crippen LogP contribution in [0.1, 0.15) is 32.1 Å². The third kappa shape index (κ3) is 2.58. The van der Waals surface area contributed by atoms with Crippen LogP contribution in [-0.2, 0) is 4.79 Å². The number of hydrogen-bond donors (Lipinski definition) is 0. The van der Waals surface area contributed by atoms with Gasteiger partial charge in [0.05, 0.1) is 6.04 Å². The van der Waals surface area contributed by atoms with Crippen molar-refractivity contribution in [3.05, 3.63) is 0 Å². The molecule has 3 atom stereocenters. The number of carbonyl (C=O) groups excluding carboxylic acids is 1. The second-order valence-corrected chi connectivity index (χ2v) is 5.66. The van der Waals surface area contributed by atoms with Crippen molar-refractivity contribution in [2.24, 2.45) is 10.9 Å². The molecule has 0 aromatic carbocycles. The molecule has 102 valence electrons. The highest BCUT2D eigenvalue weighted by Gasteiger charge is 2.37. The van der Waals surface area contributed by atoms with Crippen molar-refractivity contribution in [3.63, 3.8) is 0 Å². The fraction of sp³-hybridized carbons (Fsp3) is 0.857. The summed E-state index contributed by atoms with van der Waals surface area (Å²) in [6, 6.07) is 0.472.